The lowest BCUT2D eigenvalue weighted by atomic mass is 9.68. The van der Waals surface area contributed by atoms with Crippen molar-refractivity contribution in [2.24, 2.45) is 5.73 Å². The molecule has 0 radical (unpaired) electrons. The Morgan fingerprint density at radius 3 is 1.48 bits per heavy atom. The first-order valence-electron chi connectivity index (χ1n) is 10.2. The maximum Gasteiger partial charge on any atom is 0.240 e. The van der Waals surface area contributed by atoms with Crippen molar-refractivity contribution in [3.63, 3.8) is 0 Å². The number of nitrogens with two attached hydrogens (primary N) is 1. The number of hydrogen-bond acceptors (Lipinski definition) is 3. The number of nitrogens with one attached hydrogen (secondary N) is 1. The van der Waals surface area contributed by atoms with E-state index in [0.717, 1.165) is 16.7 Å². The van der Waals surface area contributed by atoms with Gasteiger partial charge >= 0.3 is 0 Å². The van der Waals surface area contributed by atoms with Crippen LogP contribution in [0.4, 0.5) is 0 Å². The highest BCUT2D eigenvalue weighted by atomic mass is 16.2. The van der Waals surface area contributed by atoms with Gasteiger partial charge in [0.05, 0.1) is 0 Å². The zero-order chi connectivity index (χ0) is 22.3. The number of hydrogen-bond donors (Lipinski definition) is 2. The zero-order valence-corrected chi connectivity index (χ0v) is 17.5. The Balaban J connectivity index is 2.18. The number of benzene rings is 3. The Morgan fingerprint density at radius 1 is 0.774 bits per heavy atom. The van der Waals surface area contributed by atoms with Crippen molar-refractivity contribution in [3.8, 4) is 0 Å². The lowest BCUT2D eigenvalue weighted by Gasteiger charge is -2.35. The quantitative estimate of drug-likeness (QED) is 0.526. The fraction of sp³-hybridized carbons (Fsp3) is 0.192. The standard InChI is InChI=1S/C26H26N2O3/c1-19(29)17-18-23(24(27)30)28-25(31)26(20-11-5-2-6-12-20,21-13-7-3-8-14-21)22-15-9-4-10-16-22/h2-16,23H,17-18H2,1H3,(H2,27,30)(H,28,31)/t23-/m0/s1. The Morgan fingerprint density at radius 2 is 1.16 bits per heavy atom. The van der Waals surface area contributed by atoms with Crippen LogP contribution in [-0.2, 0) is 19.8 Å². The predicted octanol–water partition coefficient (Wildman–Crippen LogP) is 3.36. The van der Waals surface area contributed by atoms with Crippen LogP contribution < -0.4 is 11.1 Å². The van der Waals surface area contributed by atoms with Gasteiger partial charge in [-0.25, -0.2) is 0 Å². The van der Waals surface area contributed by atoms with Crippen LogP contribution in [0.15, 0.2) is 91.0 Å². The highest BCUT2D eigenvalue weighted by molar-refractivity contribution is 5.98. The van der Waals surface area contributed by atoms with Crippen molar-refractivity contribution in [1.82, 2.24) is 5.32 Å². The summed E-state index contributed by atoms with van der Waals surface area (Å²) in [4.78, 5) is 37.6. The molecule has 0 unspecified atom stereocenters. The van der Waals surface area contributed by atoms with Crippen LogP contribution in [0, 0.1) is 0 Å². The third-order valence-electron chi connectivity index (χ3n) is 5.39. The summed E-state index contributed by atoms with van der Waals surface area (Å²) < 4.78 is 0. The molecular weight excluding hydrogens is 388 g/mol. The molecule has 3 aromatic carbocycles. The molecule has 0 aliphatic rings. The van der Waals surface area contributed by atoms with Crippen molar-refractivity contribution >= 4 is 17.6 Å². The van der Waals surface area contributed by atoms with Crippen molar-refractivity contribution in [2.45, 2.75) is 31.2 Å². The van der Waals surface area contributed by atoms with E-state index in [1.165, 1.54) is 6.92 Å². The summed E-state index contributed by atoms with van der Waals surface area (Å²) in [6.07, 6.45) is 0.313. The van der Waals surface area contributed by atoms with Gasteiger partial charge < -0.3 is 15.8 Å². The lowest BCUT2D eigenvalue weighted by molar-refractivity contribution is -0.129. The van der Waals surface area contributed by atoms with Gasteiger partial charge in [0.25, 0.3) is 0 Å². The fourth-order valence-electron chi connectivity index (χ4n) is 3.86. The van der Waals surface area contributed by atoms with Crippen molar-refractivity contribution in [3.05, 3.63) is 108 Å². The molecule has 2 amide bonds. The van der Waals surface area contributed by atoms with E-state index in [2.05, 4.69) is 5.32 Å². The average molecular weight is 415 g/mol. The molecule has 3 N–H and O–H groups in total. The Kier molecular flexibility index (Phi) is 6.98. The molecule has 0 fully saturated rings. The molecule has 0 saturated carbocycles. The van der Waals surface area contributed by atoms with Gasteiger partial charge in [0.1, 0.15) is 17.2 Å². The second kappa shape index (κ2) is 9.85. The first-order valence-corrected chi connectivity index (χ1v) is 10.2. The number of ketones is 1. The third-order valence-corrected chi connectivity index (χ3v) is 5.39. The van der Waals surface area contributed by atoms with Crippen molar-refractivity contribution < 1.29 is 14.4 Å². The maximum absolute atomic E-state index is 14.0. The van der Waals surface area contributed by atoms with Gasteiger partial charge in [-0.15, -0.1) is 0 Å². The van der Waals surface area contributed by atoms with Gasteiger partial charge in [0.15, 0.2) is 0 Å². The van der Waals surface area contributed by atoms with E-state index in [1.54, 1.807) is 0 Å². The first-order chi connectivity index (χ1) is 15.0. The van der Waals surface area contributed by atoms with Crippen LogP contribution >= 0.6 is 0 Å². The zero-order valence-electron chi connectivity index (χ0n) is 17.5. The summed E-state index contributed by atoms with van der Waals surface area (Å²) in [7, 11) is 0. The molecule has 3 aromatic rings. The van der Waals surface area contributed by atoms with Gasteiger partial charge in [-0.05, 0) is 30.0 Å². The van der Waals surface area contributed by atoms with Crippen molar-refractivity contribution in [1.29, 1.82) is 0 Å². The SMILES string of the molecule is CC(=O)CC[C@H](NC(=O)C(c1ccccc1)(c1ccccc1)c1ccccc1)C(N)=O. The summed E-state index contributed by atoms with van der Waals surface area (Å²) in [5.74, 6) is -1.11. The van der Waals surface area contributed by atoms with E-state index >= 15 is 0 Å². The molecule has 1 atom stereocenters. The number of primary amides is 1. The van der Waals surface area contributed by atoms with Gasteiger partial charge in [-0.3, -0.25) is 9.59 Å². The normalized spacial score (nSPS) is 12.0. The lowest BCUT2D eigenvalue weighted by Crippen LogP contribution is -2.53. The van der Waals surface area contributed by atoms with Gasteiger partial charge in [-0.2, -0.15) is 0 Å². The second-order valence-electron chi connectivity index (χ2n) is 7.52. The average Bonchev–Trinajstić information content (AvgIpc) is 2.79. The molecule has 0 spiro atoms. The highest BCUT2D eigenvalue weighted by Gasteiger charge is 2.44. The summed E-state index contributed by atoms with van der Waals surface area (Å²) in [6.45, 7) is 1.45. The number of carbonyl (C=O) groups is 3. The van der Waals surface area contributed by atoms with Crippen LogP contribution in [0.3, 0.4) is 0 Å². The van der Waals surface area contributed by atoms with Gasteiger partial charge in [0.2, 0.25) is 11.8 Å². The number of Topliss-reactive ketones (excluding diaryl/α,β-unsaturated/α-hetero) is 1. The Labute approximate surface area is 182 Å². The van der Waals surface area contributed by atoms with Crippen LogP contribution in [0.2, 0.25) is 0 Å². The van der Waals surface area contributed by atoms with E-state index in [9.17, 15) is 14.4 Å². The minimum absolute atomic E-state index is 0.0686. The monoisotopic (exact) mass is 414 g/mol. The molecular formula is C26H26N2O3. The summed E-state index contributed by atoms with van der Waals surface area (Å²) in [5, 5.41) is 2.84. The molecule has 5 heteroatoms. The minimum Gasteiger partial charge on any atom is -0.368 e. The first kappa shape index (κ1) is 22.0. The fourth-order valence-corrected chi connectivity index (χ4v) is 3.86. The van der Waals surface area contributed by atoms with E-state index < -0.39 is 17.4 Å². The van der Waals surface area contributed by atoms with E-state index in [1.807, 2.05) is 91.0 Å². The largest absolute Gasteiger partial charge is 0.368 e. The molecule has 0 bridgehead atoms. The van der Waals surface area contributed by atoms with E-state index in [-0.39, 0.29) is 24.5 Å². The number of carbonyl (C=O) groups excluding carboxylic acids is 3. The topological polar surface area (TPSA) is 89.3 Å². The maximum atomic E-state index is 14.0. The third kappa shape index (κ3) is 4.72. The molecule has 0 heterocycles. The smallest absolute Gasteiger partial charge is 0.240 e. The molecule has 31 heavy (non-hydrogen) atoms. The van der Waals surface area contributed by atoms with Crippen LogP contribution in [0.1, 0.15) is 36.5 Å². The van der Waals surface area contributed by atoms with E-state index in [4.69, 9.17) is 5.73 Å². The molecule has 3 rings (SSSR count). The molecule has 0 aliphatic carbocycles. The minimum atomic E-state index is -1.20. The van der Waals surface area contributed by atoms with Gasteiger partial charge in [-0.1, -0.05) is 91.0 Å². The van der Waals surface area contributed by atoms with E-state index in [0.29, 0.717) is 0 Å². The second-order valence-corrected chi connectivity index (χ2v) is 7.52. The molecule has 0 aromatic heterocycles. The Bertz CT molecular complexity index is 937. The van der Waals surface area contributed by atoms with Crippen molar-refractivity contribution in [2.75, 3.05) is 0 Å². The summed E-state index contributed by atoms with van der Waals surface area (Å²) >= 11 is 0. The van der Waals surface area contributed by atoms with Crippen LogP contribution in [-0.4, -0.2) is 23.6 Å². The number of rotatable bonds is 9. The molecule has 0 saturated heterocycles. The molecule has 5 nitrogen and oxygen atoms in total. The number of amides is 2. The summed E-state index contributed by atoms with van der Waals surface area (Å²) in [6, 6.07) is 27.4. The summed E-state index contributed by atoms with van der Waals surface area (Å²) in [5.41, 5.74) is 6.66. The highest BCUT2D eigenvalue weighted by Crippen LogP contribution is 2.39. The predicted molar refractivity (Wildman–Crippen MR) is 120 cm³/mol. The molecule has 158 valence electrons. The Hall–Kier alpha value is -3.73. The van der Waals surface area contributed by atoms with Crippen LogP contribution in [0.25, 0.3) is 0 Å². The van der Waals surface area contributed by atoms with Crippen LogP contribution in [0.5, 0.6) is 0 Å². The molecule has 0 aliphatic heterocycles. The van der Waals surface area contributed by atoms with Gasteiger partial charge in [0, 0.05) is 6.42 Å².